The van der Waals surface area contributed by atoms with Crippen LogP contribution < -0.4 is 4.72 Å². The van der Waals surface area contributed by atoms with Crippen molar-refractivity contribution in [3.63, 3.8) is 0 Å². The number of halogens is 3. The van der Waals surface area contributed by atoms with Crippen molar-refractivity contribution in [2.75, 3.05) is 4.72 Å². The molecule has 1 heterocycles. The Hall–Kier alpha value is -0.810. The van der Waals surface area contributed by atoms with Gasteiger partial charge in [0.25, 0.3) is 0 Å². The highest BCUT2D eigenvalue weighted by molar-refractivity contribution is 8.00. The van der Waals surface area contributed by atoms with Crippen molar-refractivity contribution in [2.45, 2.75) is 4.90 Å². The van der Waals surface area contributed by atoms with Crippen LogP contribution in [0.4, 0.5) is 5.82 Å². The lowest BCUT2D eigenvalue weighted by Gasteiger charge is -2.07. The fraction of sp³-hybridized carbons (Fsp3) is 0. The van der Waals surface area contributed by atoms with Gasteiger partial charge in [-0.1, -0.05) is 34.8 Å². The van der Waals surface area contributed by atoms with Crippen molar-refractivity contribution in [2.24, 2.45) is 0 Å². The summed E-state index contributed by atoms with van der Waals surface area (Å²) in [5, 5.41) is 11.1. The Morgan fingerprint density at radius 3 is 2.28 bits per heavy atom. The Bertz CT molecular complexity index is 560. The normalized spacial score (nSPS) is 10.4. The zero-order valence-electron chi connectivity index (χ0n) is 8.82. The topological polar surface area (TPSA) is 45.2 Å². The van der Waals surface area contributed by atoms with Gasteiger partial charge in [0.2, 0.25) is 0 Å². The molecule has 3 nitrogen and oxygen atoms in total. The molecule has 0 unspecified atom stereocenters. The van der Waals surface area contributed by atoms with Gasteiger partial charge in [0.05, 0.1) is 5.02 Å². The zero-order valence-corrected chi connectivity index (χ0v) is 11.9. The monoisotopic (exact) mass is 320 g/mol. The third-order valence-corrected chi connectivity index (χ3v) is 3.35. The molecule has 2 N–H and O–H groups in total. The molecule has 1 aromatic heterocycles. The molecule has 2 aromatic rings. The molecule has 0 aliphatic heterocycles. The first-order valence-electron chi connectivity index (χ1n) is 4.78. The van der Waals surface area contributed by atoms with Crippen molar-refractivity contribution in [1.29, 1.82) is 0 Å². The minimum Gasteiger partial charge on any atom is -0.504 e. The van der Waals surface area contributed by atoms with Crippen molar-refractivity contribution in [3.05, 3.63) is 45.5 Å². The largest absolute Gasteiger partial charge is 0.504 e. The van der Waals surface area contributed by atoms with Crippen LogP contribution in [0, 0.1) is 0 Å². The quantitative estimate of drug-likeness (QED) is 0.792. The van der Waals surface area contributed by atoms with Gasteiger partial charge in [0.15, 0.2) is 11.6 Å². The third-order valence-electron chi connectivity index (χ3n) is 1.94. The van der Waals surface area contributed by atoms with Crippen molar-refractivity contribution in [3.8, 4) is 5.75 Å². The summed E-state index contributed by atoms with van der Waals surface area (Å²) >= 11 is 18.7. The van der Waals surface area contributed by atoms with Crippen LogP contribution in [0.5, 0.6) is 5.75 Å². The Kier molecular flexibility index (Phi) is 4.45. The number of aromatic nitrogens is 1. The number of anilines is 1. The second-order valence-corrected chi connectivity index (χ2v) is 5.52. The lowest BCUT2D eigenvalue weighted by atomic mass is 10.4. The second kappa shape index (κ2) is 5.89. The van der Waals surface area contributed by atoms with Gasteiger partial charge >= 0.3 is 0 Å². The molecule has 0 aliphatic carbocycles. The molecule has 0 atom stereocenters. The van der Waals surface area contributed by atoms with Crippen molar-refractivity contribution in [1.82, 2.24) is 4.98 Å². The lowest BCUT2D eigenvalue weighted by Crippen LogP contribution is -1.91. The Morgan fingerprint density at radius 1 is 1.00 bits per heavy atom. The highest BCUT2D eigenvalue weighted by atomic mass is 35.5. The van der Waals surface area contributed by atoms with Crippen LogP contribution in [0.25, 0.3) is 0 Å². The van der Waals surface area contributed by atoms with Crippen molar-refractivity contribution >= 4 is 52.6 Å². The first kappa shape index (κ1) is 13.6. The van der Waals surface area contributed by atoms with Crippen LogP contribution >= 0.6 is 46.8 Å². The van der Waals surface area contributed by atoms with Gasteiger partial charge in [-0.15, -0.1) is 0 Å². The van der Waals surface area contributed by atoms with Crippen molar-refractivity contribution < 1.29 is 5.11 Å². The summed E-state index contributed by atoms with van der Waals surface area (Å²) in [7, 11) is 0. The van der Waals surface area contributed by atoms with Crippen LogP contribution in [-0.4, -0.2) is 10.1 Å². The number of hydrogen-bond acceptors (Lipinski definition) is 4. The molecule has 0 amide bonds. The summed E-state index contributed by atoms with van der Waals surface area (Å²) in [4.78, 5) is 4.77. The summed E-state index contributed by atoms with van der Waals surface area (Å²) < 4.78 is 2.89. The number of nitrogens with one attached hydrogen (secondary N) is 1. The second-order valence-electron chi connectivity index (χ2n) is 3.33. The molecule has 0 aliphatic rings. The molecule has 0 fully saturated rings. The van der Waals surface area contributed by atoms with Gasteiger partial charge in [-0.25, -0.2) is 4.98 Å². The van der Waals surface area contributed by atoms with Gasteiger partial charge in [-0.2, -0.15) is 0 Å². The smallest absolute Gasteiger partial charge is 0.178 e. The van der Waals surface area contributed by atoms with E-state index >= 15 is 0 Å². The number of hydrogen-bond donors (Lipinski definition) is 2. The summed E-state index contributed by atoms with van der Waals surface area (Å²) in [5.74, 6) is 0.295. The number of pyridine rings is 1. The molecular weight excluding hydrogens is 315 g/mol. The van der Waals surface area contributed by atoms with E-state index in [-0.39, 0.29) is 5.75 Å². The Morgan fingerprint density at radius 2 is 1.67 bits per heavy atom. The molecule has 2 rings (SSSR count). The number of aromatic hydroxyl groups is 1. The summed E-state index contributed by atoms with van der Waals surface area (Å²) in [6.07, 6.45) is 1.44. The highest BCUT2D eigenvalue weighted by Crippen LogP contribution is 2.30. The molecule has 7 heteroatoms. The van der Waals surface area contributed by atoms with E-state index in [1.165, 1.54) is 24.2 Å². The molecule has 18 heavy (non-hydrogen) atoms. The summed E-state index contributed by atoms with van der Waals surface area (Å²) in [6.45, 7) is 0. The fourth-order valence-electron chi connectivity index (χ4n) is 1.20. The van der Waals surface area contributed by atoms with Crippen LogP contribution in [0.1, 0.15) is 0 Å². The van der Waals surface area contributed by atoms with Crippen LogP contribution in [-0.2, 0) is 0 Å². The number of benzene rings is 1. The van der Waals surface area contributed by atoms with Gasteiger partial charge in [0.1, 0.15) is 0 Å². The number of nitrogens with zero attached hydrogens (tertiary/aromatic N) is 1. The van der Waals surface area contributed by atoms with Gasteiger partial charge in [-0.05, 0) is 30.1 Å². The molecular formula is C11H7Cl3N2OS. The minimum absolute atomic E-state index is 0.0249. The predicted octanol–water partition coefficient (Wildman–Crippen LogP) is 4.87. The van der Waals surface area contributed by atoms with Crippen LogP contribution in [0.2, 0.25) is 15.1 Å². The maximum absolute atomic E-state index is 9.60. The first-order valence-corrected chi connectivity index (χ1v) is 6.73. The van der Waals surface area contributed by atoms with E-state index in [0.717, 1.165) is 4.90 Å². The Labute approximate surface area is 123 Å². The zero-order chi connectivity index (χ0) is 13.1. The van der Waals surface area contributed by atoms with Gasteiger partial charge in [-0.3, -0.25) is 0 Å². The van der Waals surface area contributed by atoms with Crippen LogP contribution in [0.15, 0.2) is 35.4 Å². The van der Waals surface area contributed by atoms with E-state index in [9.17, 15) is 5.11 Å². The number of rotatable bonds is 3. The van der Waals surface area contributed by atoms with Gasteiger partial charge < -0.3 is 9.83 Å². The fourth-order valence-corrected chi connectivity index (χ4v) is 2.75. The SMILES string of the molecule is Oc1cc(Cl)cnc1NSc1cc(Cl)cc(Cl)c1. The molecule has 0 saturated heterocycles. The summed E-state index contributed by atoms with van der Waals surface area (Å²) in [6, 6.07) is 6.55. The maximum atomic E-state index is 9.60. The minimum atomic E-state index is -0.0249. The molecule has 0 bridgehead atoms. The van der Waals surface area contributed by atoms with E-state index in [1.54, 1.807) is 18.2 Å². The molecule has 0 saturated carbocycles. The Balaban J connectivity index is 2.11. The first-order chi connectivity index (χ1) is 8.54. The standard InChI is InChI=1S/C11H7Cl3N2OS/c12-6-1-7(13)3-9(2-6)18-16-11-10(17)4-8(14)5-15-11/h1-5,17H,(H,15,16). The predicted molar refractivity (Wildman–Crippen MR) is 76.9 cm³/mol. The van der Waals surface area contributed by atoms with E-state index in [1.807, 2.05) is 0 Å². The lowest BCUT2D eigenvalue weighted by molar-refractivity contribution is 0.476. The van der Waals surface area contributed by atoms with Gasteiger partial charge in [0, 0.05) is 27.2 Å². The van der Waals surface area contributed by atoms with E-state index in [0.29, 0.717) is 20.9 Å². The molecule has 1 aromatic carbocycles. The molecule has 94 valence electrons. The maximum Gasteiger partial charge on any atom is 0.178 e. The summed E-state index contributed by atoms with van der Waals surface area (Å²) in [5.41, 5.74) is 0. The van der Waals surface area contributed by atoms with Crippen LogP contribution in [0.3, 0.4) is 0 Å². The molecule has 0 spiro atoms. The average Bonchev–Trinajstić information content (AvgIpc) is 2.26. The average molecular weight is 322 g/mol. The molecule has 0 radical (unpaired) electrons. The third kappa shape index (κ3) is 3.59. The van der Waals surface area contributed by atoms with E-state index in [4.69, 9.17) is 34.8 Å². The highest BCUT2D eigenvalue weighted by Gasteiger charge is 2.05. The van der Waals surface area contributed by atoms with E-state index in [2.05, 4.69) is 9.71 Å². The van der Waals surface area contributed by atoms with E-state index < -0.39 is 0 Å².